The van der Waals surface area contributed by atoms with Crippen molar-refractivity contribution >= 4 is 5.91 Å². The highest BCUT2D eigenvalue weighted by Crippen LogP contribution is 2.04. The van der Waals surface area contributed by atoms with Crippen molar-refractivity contribution in [1.29, 1.82) is 0 Å². The Morgan fingerprint density at radius 3 is 2.47 bits per heavy atom. The number of carbonyl (C=O) groups excluding carboxylic acids is 1. The Bertz CT molecular complexity index is 203. The van der Waals surface area contributed by atoms with Crippen LogP contribution in [0.5, 0.6) is 0 Å². The van der Waals surface area contributed by atoms with Crippen LogP contribution in [-0.2, 0) is 9.53 Å². The van der Waals surface area contributed by atoms with E-state index in [-0.39, 0.29) is 18.6 Å². The summed E-state index contributed by atoms with van der Waals surface area (Å²) >= 11 is 0. The van der Waals surface area contributed by atoms with E-state index < -0.39 is 0 Å². The zero-order valence-electron chi connectivity index (χ0n) is 9.48. The lowest BCUT2D eigenvalue weighted by Gasteiger charge is -2.35. The molecule has 88 valence electrons. The van der Waals surface area contributed by atoms with E-state index in [4.69, 9.17) is 9.84 Å². The fraction of sp³-hybridized carbons (Fsp3) is 0.900. The molecule has 1 unspecified atom stereocenters. The summed E-state index contributed by atoms with van der Waals surface area (Å²) in [6.07, 6.45) is -0.352. The molecule has 1 fully saturated rings. The molecule has 1 saturated heterocycles. The molecule has 0 aromatic carbocycles. The molecule has 1 heterocycles. The van der Waals surface area contributed by atoms with Gasteiger partial charge in [-0.25, -0.2) is 0 Å². The number of hydrogen-bond donors (Lipinski definition) is 1. The van der Waals surface area contributed by atoms with Crippen molar-refractivity contribution in [3.05, 3.63) is 0 Å². The third-order valence-corrected chi connectivity index (χ3v) is 2.80. The van der Waals surface area contributed by atoms with Crippen molar-refractivity contribution in [3.8, 4) is 0 Å². The van der Waals surface area contributed by atoms with Gasteiger partial charge in [-0.15, -0.1) is 0 Å². The first kappa shape index (κ1) is 12.4. The second-order valence-electron chi connectivity index (χ2n) is 3.77. The van der Waals surface area contributed by atoms with Crippen LogP contribution in [0.15, 0.2) is 0 Å². The Hall–Kier alpha value is -0.650. The first-order valence-corrected chi connectivity index (χ1v) is 5.34. The van der Waals surface area contributed by atoms with Gasteiger partial charge in [-0.05, 0) is 6.92 Å². The zero-order chi connectivity index (χ0) is 11.3. The lowest BCUT2D eigenvalue weighted by atomic mass is 10.2. The van der Waals surface area contributed by atoms with Crippen LogP contribution < -0.4 is 0 Å². The molecule has 1 amide bonds. The molecule has 0 spiro atoms. The molecule has 15 heavy (non-hydrogen) atoms. The summed E-state index contributed by atoms with van der Waals surface area (Å²) < 4.78 is 4.99. The standard InChI is InChI=1S/C10H20N2O3/c1-9(15-2)10(14)12-5-3-11(4-6-12)7-8-13/h9,13H,3-8H2,1-2H3. The molecule has 1 N–H and O–H groups in total. The number of ether oxygens (including phenoxy) is 1. The highest BCUT2D eigenvalue weighted by molar-refractivity contribution is 5.80. The molecule has 0 aromatic heterocycles. The van der Waals surface area contributed by atoms with Crippen LogP contribution in [0.25, 0.3) is 0 Å². The monoisotopic (exact) mass is 216 g/mol. The summed E-state index contributed by atoms with van der Waals surface area (Å²) in [5.41, 5.74) is 0. The van der Waals surface area contributed by atoms with Crippen LogP contribution in [0.4, 0.5) is 0 Å². The Morgan fingerprint density at radius 1 is 1.40 bits per heavy atom. The van der Waals surface area contributed by atoms with Crippen LogP contribution in [0.2, 0.25) is 0 Å². The lowest BCUT2D eigenvalue weighted by Crippen LogP contribution is -2.51. The van der Waals surface area contributed by atoms with Crippen molar-refractivity contribution in [2.75, 3.05) is 46.4 Å². The molecule has 0 radical (unpaired) electrons. The molecule has 0 aromatic rings. The first-order chi connectivity index (χ1) is 7.19. The van der Waals surface area contributed by atoms with Gasteiger partial charge in [0.1, 0.15) is 6.10 Å². The van der Waals surface area contributed by atoms with Crippen molar-refractivity contribution in [1.82, 2.24) is 9.80 Å². The highest BCUT2D eigenvalue weighted by Gasteiger charge is 2.24. The summed E-state index contributed by atoms with van der Waals surface area (Å²) in [6.45, 7) is 5.78. The zero-order valence-corrected chi connectivity index (χ0v) is 9.48. The molecule has 0 bridgehead atoms. The third-order valence-electron chi connectivity index (χ3n) is 2.80. The Balaban J connectivity index is 2.33. The number of rotatable bonds is 4. The number of aliphatic hydroxyl groups is 1. The average molecular weight is 216 g/mol. The highest BCUT2D eigenvalue weighted by atomic mass is 16.5. The second kappa shape index (κ2) is 6.05. The summed E-state index contributed by atoms with van der Waals surface area (Å²) in [6, 6.07) is 0. The fourth-order valence-corrected chi connectivity index (χ4v) is 1.69. The van der Waals surface area contributed by atoms with Gasteiger partial charge in [0.05, 0.1) is 6.61 Å². The van der Waals surface area contributed by atoms with E-state index in [0.717, 1.165) is 26.2 Å². The summed E-state index contributed by atoms with van der Waals surface area (Å²) in [4.78, 5) is 15.7. The summed E-state index contributed by atoms with van der Waals surface area (Å²) in [5, 5.41) is 8.78. The summed E-state index contributed by atoms with van der Waals surface area (Å²) in [5.74, 6) is 0.0566. The van der Waals surface area contributed by atoms with Crippen LogP contribution >= 0.6 is 0 Å². The number of β-amino-alcohol motifs (C(OH)–C–C–N with tert-alkyl or cyclic N) is 1. The van der Waals surface area contributed by atoms with Gasteiger partial charge in [-0.2, -0.15) is 0 Å². The Kier molecular flexibility index (Phi) is 5.01. The molecule has 1 rings (SSSR count). The minimum absolute atomic E-state index is 0.0566. The molecule has 0 aliphatic carbocycles. The molecule has 5 heteroatoms. The Labute approximate surface area is 90.6 Å². The largest absolute Gasteiger partial charge is 0.395 e. The van der Waals surface area contributed by atoms with Crippen molar-refractivity contribution in [2.24, 2.45) is 0 Å². The van der Waals surface area contributed by atoms with Crippen LogP contribution in [0.3, 0.4) is 0 Å². The van der Waals surface area contributed by atoms with Gasteiger partial charge < -0.3 is 14.7 Å². The minimum atomic E-state index is -0.352. The number of aliphatic hydroxyl groups excluding tert-OH is 1. The van der Waals surface area contributed by atoms with Crippen molar-refractivity contribution in [2.45, 2.75) is 13.0 Å². The number of nitrogens with zero attached hydrogens (tertiary/aromatic N) is 2. The molecular weight excluding hydrogens is 196 g/mol. The maximum absolute atomic E-state index is 11.7. The van der Waals surface area contributed by atoms with Gasteiger partial charge in [-0.3, -0.25) is 9.69 Å². The Morgan fingerprint density at radius 2 is 2.00 bits per heavy atom. The average Bonchev–Trinajstić information content (AvgIpc) is 2.28. The lowest BCUT2D eigenvalue weighted by molar-refractivity contribution is -0.142. The van der Waals surface area contributed by atoms with Crippen LogP contribution in [-0.4, -0.2) is 73.4 Å². The molecule has 1 aliphatic rings. The SMILES string of the molecule is COC(C)C(=O)N1CCN(CCO)CC1. The molecule has 5 nitrogen and oxygen atoms in total. The van der Waals surface area contributed by atoms with E-state index in [2.05, 4.69) is 4.90 Å². The number of methoxy groups -OCH3 is 1. The van der Waals surface area contributed by atoms with Gasteiger partial charge in [0, 0.05) is 39.8 Å². The number of piperazine rings is 1. The fourth-order valence-electron chi connectivity index (χ4n) is 1.69. The van der Waals surface area contributed by atoms with Gasteiger partial charge >= 0.3 is 0 Å². The summed E-state index contributed by atoms with van der Waals surface area (Å²) in [7, 11) is 1.55. The van der Waals surface area contributed by atoms with Crippen molar-refractivity contribution < 1.29 is 14.6 Å². The van der Waals surface area contributed by atoms with Crippen LogP contribution in [0.1, 0.15) is 6.92 Å². The van der Waals surface area contributed by atoms with E-state index in [1.165, 1.54) is 0 Å². The van der Waals surface area contributed by atoms with E-state index >= 15 is 0 Å². The predicted molar refractivity (Wildman–Crippen MR) is 56.6 cm³/mol. The molecular formula is C10H20N2O3. The molecule has 0 saturated carbocycles. The van der Waals surface area contributed by atoms with Gasteiger partial charge in [0.2, 0.25) is 0 Å². The predicted octanol–water partition coefficient (Wildman–Crippen LogP) is -0.842. The van der Waals surface area contributed by atoms with E-state index in [1.807, 2.05) is 4.90 Å². The normalized spacial score (nSPS) is 20.3. The smallest absolute Gasteiger partial charge is 0.251 e. The maximum atomic E-state index is 11.7. The molecule has 1 atom stereocenters. The van der Waals surface area contributed by atoms with Crippen molar-refractivity contribution in [3.63, 3.8) is 0 Å². The quantitative estimate of drug-likeness (QED) is 0.665. The second-order valence-corrected chi connectivity index (χ2v) is 3.77. The van der Waals surface area contributed by atoms with E-state index in [0.29, 0.717) is 6.54 Å². The number of carbonyl (C=O) groups is 1. The number of hydrogen-bond acceptors (Lipinski definition) is 4. The number of amides is 1. The molecule has 1 aliphatic heterocycles. The maximum Gasteiger partial charge on any atom is 0.251 e. The van der Waals surface area contributed by atoms with Gasteiger partial charge in [0.15, 0.2) is 0 Å². The van der Waals surface area contributed by atoms with E-state index in [1.54, 1.807) is 14.0 Å². The van der Waals surface area contributed by atoms with Gasteiger partial charge in [-0.1, -0.05) is 0 Å². The topological polar surface area (TPSA) is 53.0 Å². The third kappa shape index (κ3) is 3.44. The van der Waals surface area contributed by atoms with Gasteiger partial charge in [0.25, 0.3) is 5.91 Å². The first-order valence-electron chi connectivity index (χ1n) is 5.34. The minimum Gasteiger partial charge on any atom is -0.395 e. The van der Waals surface area contributed by atoms with Crippen LogP contribution in [0, 0.1) is 0 Å². The van der Waals surface area contributed by atoms with E-state index in [9.17, 15) is 4.79 Å².